The molecule has 26 heavy (non-hydrogen) atoms. The maximum Gasteiger partial charge on any atom is 0.172 e. The van der Waals surface area contributed by atoms with Crippen molar-refractivity contribution in [1.29, 1.82) is 0 Å². The van der Waals surface area contributed by atoms with Crippen LogP contribution in [0.4, 0.5) is 5.82 Å². The van der Waals surface area contributed by atoms with Gasteiger partial charge in [-0.05, 0) is 41.4 Å². The second-order valence-electron chi connectivity index (χ2n) is 6.59. The number of likely N-dealkylation sites (tertiary alicyclic amines) is 1. The van der Waals surface area contributed by atoms with Gasteiger partial charge in [0.15, 0.2) is 5.65 Å². The number of fused-ring (bicyclic) bond motifs is 1. The van der Waals surface area contributed by atoms with Crippen LogP contribution in [0, 0.1) is 0 Å². The summed E-state index contributed by atoms with van der Waals surface area (Å²) in [5.41, 5.74) is 2.56. The van der Waals surface area contributed by atoms with Crippen molar-refractivity contribution in [3.8, 4) is 11.3 Å². The largest absolute Gasteiger partial charge is 0.367 e. The van der Waals surface area contributed by atoms with Gasteiger partial charge in [0.1, 0.15) is 5.82 Å². The van der Waals surface area contributed by atoms with E-state index in [0.717, 1.165) is 59.7 Å². The van der Waals surface area contributed by atoms with E-state index in [2.05, 4.69) is 38.2 Å². The Bertz CT molecular complexity index is 917. The Balaban J connectivity index is 1.71. The monoisotopic (exact) mass is 433 g/mol. The van der Waals surface area contributed by atoms with Gasteiger partial charge in [0.05, 0.1) is 16.4 Å². The second-order valence-corrected chi connectivity index (χ2v) is 7.85. The minimum absolute atomic E-state index is 0.436. The number of hydrogen-bond acceptors (Lipinski definition) is 4. The van der Waals surface area contributed by atoms with Crippen LogP contribution in [-0.2, 0) is 0 Å². The standard InChI is InChI=1S/C19H21BrClN5/c1-2-25-9-7-13(8-10-25)23-18-11-17(14-5-3-4-6-16(14)21)24-19-15(20)12-22-26(18)19/h3-6,11-13,23H,2,7-10H2,1H3. The normalized spacial score (nSPS) is 16.3. The smallest absolute Gasteiger partial charge is 0.172 e. The van der Waals surface area contributed by atoms with Gasteiger partial charge in [-0.25, -0.2) is 4.98 Å². The average Bonchev–Trinajstić information content (AvgIpc) is 3.04. The molecule has 5 nitrogen and oxygen atoms in total. The van der Waals surface area contributed by atoms with E-state index in [4.69, 9.17) is 16.6 Å². The molecule has 0 atom stereocenters. The molecule has 7 heteroatoms. The first-order chi connectivity index (χ1) is 12.7. The molecule has 0 aliphatic carbocycles. The SMILES string of the molecule is CCN1CCC(Nc2cc(-c3ccccc3Cl)nc3c(Br)cnn23)CC1. The molecule has 0 bridgehead atoms. The van der Waals surface area contributed by atoms with Crippen molar-refractivity contribution in [2.75, 3.05) is 25.0 Å². The Labute approximate surface area is 166 Å². The van der Waals surface area contributed by atoms with Crippen LogP contribution in [0.5, 0.6) is 0 Å². The van der Waals surface area contributed by atoms with E-state index < -0.39 is 0 Å². The molecular formula is C19H21BrClN5. The van der Waals surface area contributed by atoms with Crippen LogP contribution in [0.15, 0.2) is 41.0 Å². The van der Waals surface area contributed by atoms with Crippen molar-refractivity contribution in [2.24, 2.45) is 0 Å². The molecule has 1 fully saturated rings. The van der Waals surface area contributed by atoms with Crippen molar-refractivity contribution >= 4 is 39.0 Å². The summed E-state index contributed by atoms with van der Waals surface area (Å²) < 4.78 is 2.73. The van der Waals surface area contributed by atoms with Gasteiger partial charge in [-0.2, -0.15) is 9.61 Å². The Hall–Kier alpha value is -1.63. The van der Waals surface area contributed by atoms with Gasteiger partial charge in [0, 0.05) is 35.8 Å². The zero-order valence-electron chi connectivity index (χ0n) is 14.6. The van der Waals surface area contributed by atoms with Crippen molar-refractivity contribution < 1.29 is 0 Å². The molecule has 1 saturated heterocycles. The van der Waals surface area contributed by atoms with E-state index in [1.54, 1.807) is 6.20 Å². The highest BCUT2D eigenvalue weighted by atomic mass is 79.9. The predicted molar refractivity (Wildman–Crippen MR) is 110 cm³/mol. The summed E-state index contributed by atoms with van der Waals surface area (Å²) in [4.78, 5) is 7.25. The minimum Gasteiger partial charge on any atom is -0.367 e. The molecule has 1 N–H and O–H groups in total. The van der Waals surface area contributed by atoms with Gasteiger partial charge >= 0.3 is 0 Å². The van der Waals surface area contributed by atoms with E-state index in [1.807, 2.05) is 34.8 Å². The molecule has 1 aliphatic rings. The molecule has 0 saturated carbocycles. The highest BCUT2D eigenvalue weighted by molar-refractivity contribution is 9.10. The lowest BCUT2D eigenvalue weighted by Crippen LogP contribution is -2.39. The third-order valence-corrected chi connectivity index (χ3v) is 5.85. The van der Waals surface area contributed by atoms with Crippen LogP contribution in [0.1, 0.15) is 19.8 Å². The Morgan fingerprint density at radius 1 is 1.27 bits per heavy atom. The number of aromatic nitrogens is 3. The number of rotatable bonds is 4. The number of hydrogen-bond donors (Lipinski definition) is 1. The first-order valence-corrected chi connectivity index (χ1v) is 10.1. The molecule has 0 radical (unpaired) electrons. The van der Waals surface area contributed by atoms with E-state index >= 15 is 0 Å². The molecule has 4 rings (SSSR count). The van der Waals surface area contributed by atoms with Crippen LogP contribution >= 0.6 is 27.5 Å². The molecule has 0 unspecified atom stereocenters. The lowest BCUT2D eigenvalue weighted by Gasteiger charge is -2.32. The van der Waals surface area contributed by atoms with Crippen LogP contribution in [0.25, 0.3) is 16.9 Å². The van der Waals surface area contributed by atoms with Gasteiger partial charge in [-0.3, -0.25) is 0 Å². The fourth-order valence-corrected chi connectivity index (χ4v) is 4.03. The lowest BCUT2D eigenvalue weighted by molar-refractivity contribution is 0.229. The van der Waals surface area contributed by atoms with E-state index in [0.29, 0.717) is 11.1 Å². The predicted octanol–water partition coefficient (Wildman–Crippen LogP) is 4.71. The van der Waals surface area contributed by atoms with E-state index in [-0.39, 0.29) is 0 Å². The first-order valence-electron chi connectivity index (χ1n) is 8.93. The number of nitrogens with one attached hydrogen (secondary N) is 1. The average molecular weight is 435 g/mol. The minimum atomic E-state index is 0.436. The summed E-state index contributed by atoms with van der Waals surface area (Å²) >= 11 is 9.96. The summed E-state index contributed by atoms with van der Waals surface area (Å²) in [6, 6.07) is 10.3. The number of piperidine rings is 1. The van der Waals surface area contributed by atoms with E-state index in [9.17, 15) is 0 Å². The van der Waals surface area contributed by atoms with E-state index in [1.165, 1.54) is 0 Å². The number of halogens is 2. The van der Waals surface area contributed by atoms with Crippen LogP contribution in [0.2, 0.25) is 5.02 Å². The summed E-state index contributed by atoms with van der Waals surface area (Å²) in [7, 11) is 0. The lowest BCUT2D eigenvalue weighted by atomic mass is 10.0. The summed E-state index contributed by atoms with van der Waals surface area (Å²) in [6.45, 7) is 5.59. The van der Waals surface area contributed by atoms with Crippen molar-refractivity contribution in [1.82, 2.24) is 19.5 Å². The number of benzene rings is 1. The quantitative estimate of drug-likeness (QED) is 0.646. The van der Waals surface area contributed by atoms with Gasteiger partial charge in [0.2, 0.25) is 0 Å². The van der Waals surface area contributed by atoms with Crippen LogP contribution in [-0.4, -0.2) is 45.2 Å². The van der Waals surface area contributed by atoms with Crippen molar-refractivity contribution in [3.63, 3.8) is 0 Å². The molecule has 1 aliphatic heterocycles. The molecule has 3 heterocycles. The first kappa shape index (κ1) is 17.8. The number of nitrogens with zero attached hydrogens (tertiary/aromatic N) is 4. The Morgan fingerprint density at radius 3 is 2.77 bits per heavy atom. The fourth-order valence-electron chi connectivity index (χ4n) is 3.45. The van der Waals surface area contributed by atoms with Crippen LogP contribution in [0.3, 0.4) is 0 Å². The molecule has 136 valence electrons. The molecule has 3 aromatic rings. The van der Waals surface area contributed by atoms with Gasteiger partial charge in [-0.15, -0.1) is 0 Å². The zero-order chi connectivity index (χ0) is 18.1. The Morgan fingerprint density at radius 2 is 2.04 bits per heavy atom. The van der Waals surface area contributed by atoms with Gasteiger partial charge in [-0.1, -0.05) is 36.7 Å². The summed E-state index contributed by atoms with van der Waals surface area (Å²) in [5, 5.41) is 8.85. The molecule has 1 aromatic carbocycles. The second kappa shape index (κ2) is 7.55. The molecule has 0 spiro atoms. The summed E-state index contributed by atoms with van der Waals surface area (Å²) in [5.74, 6) is 0.950. The maximum absolute atomic E-state index is 6.40. The summed E-state index contributed by atoms with van der Waals surface area (Å²) in [6.07, 6.45) is 4.03. The molecule has 2 aromatic heterocycles. The highest BCUT2D eigenvalue weighted by Crippen LogP contribution is 2.31. The van der Waals surface area contributed by atoms with Crippen LogP contribution < -0.4 is 5.32 Å². The topological polar surface area (TPSA) is 45.5 Å². The molecule has 0 amide bonds. The number of anilines is 1. The van der Waals surface area contributed by atoms with Gasteiger partial charge in [0.25, 0.3) is 0 Å². The Kier molecular flexibility index (Phi) is 5.16. The van der Waals surface area contributed by atoms with Crippen molar-refractivity contribution in [3.05, 3.63) is 46.0 Å². The third kappa shape index (κ3) is 3.46. The maximum atomic E-state index is 6.40. The van der Waals surface area contributed by atoms with Gasteiger partial charge < -0.3 is 10.2 Å². The third-order valence-electron chi connectivity index (χ3n) is 4.97. The van der Waals surface area contributed by atoms with Crippen molar-refractivity contribution in [2.45, 2.75) is 25.8 Å². The fraction of sp³-hybridized carbons (Fsp3) is 0.368. The zero-order valence-corrected chi connectivity index (χ0v) is 17.0. The highest BCUT2D eigenvalue weighted by Gasteiger charge is 2.20. The molecular weight excluding hydrogens is 414 g/mol.